The molecule has 0 aliphatic rings. The third-order valence-corrected chi connectivity index (χ3v) is 3.59. The molecule has 2 rings (SSSR count). The van der Waals surface area contributed by atoms with Crippen LogP contribution in [0.5, 0.6) is 0 Å². The lowest BCUT2D eigenvalue weighted by Gasteiger charge is -2.10. The first-order chi connectivity index (χ1) is 9.35. The van der Waals surface area contributed by atoms with E-state index in [0.717, 1.165) is 29.1 Å². The lowest BCUT2D eigenvalue weighted by atomic mass is 10.1. The van der Waals surface area contributed by atoms with Crippen molar-refractivity contribution in [2.75, 3.05) is 18.1 Å². The lowest BCUT2D eigenvalue weighted by molar-refractivity contribution is 1.00. The molecule has 0 unspecified atom stereocenters. The number of anilines is 1. The number of nitriles is 1. The average molecular weight is 269 g/mol. The largest absolute Gasteiger partial charge is 0.384 e. The van der Waals surface area contributed by atoms with Crippen molar-refractivity contribution < 1.29 is 0 Å². The second-order valence-electron chi connectivity index (χ2n) is 4.03. The third kappa shape index (κ3) is 3.49. The summed E-state index contributed by atoms with van der Waals surface area (Å²) in [5, 5.41) is 12.6. The highest BCUT2D eigenvalue weighted by Gasteiger charge is 2.06. The van der Waals surface area contributed by atoms with E-state index in [9.17, 15) is 5.26 Å². The molecule has 0 saturated carbocycles. The Labute approximate surface area is 117 Å². The van der Waals surface area contributed by atoms with Gasteiger partial charge in [-0.15, -0.1) is 11.8 Å². The van der Waals surface area contributed by atoms with Gasteiger partial charge in [-0.25, -0.2) is 0 Å². The van der Waals surface area contributed by atoms with Crippen LogP contribution < -0.4 is 5.32 Å². The zero-order valence-electron chi connectivity index (χ0n) is 10.8. The summed E-state index contributed by atoms with van der Waals surface area (Å²) >= 11 is 1.59. The molecule has 0 atom stereocenters. The Bertz CT molecular complexity index is 576. The molecule has 0 aliphatic carbocycles. The van der Waals surface area contributed by atoms with Crippen LogP contribution in [0.15, 0.2) is 47.6 Å². The van der Waals surface area contributed by atoms with E-state index in [1.807, 2.05) is 36.7 Å². The molecule has 4 heteroatoms. The monoisotopic (exact) mass is 269 g/mol. The topological polar surface area (TPSA) is 48.7 Å². The Morgan fingerprint density at radius 3 is 2.89 bits per heavy atom. The van der Waals surface area contributed by atoms with Gasteiger partial charge in [0, 0.05) is 23.8 Å². The molecule has 1 aromatic heterocycles. The highest BCUT2D eigenvalue weighted by atomic mass is 32.2. The highest BCUT2D eigenvalue weighted by Crippen LogP contribution is 2.26. The predicted octanol–water partition coefficient (Wildman–Crippen LogP) is 3.33. The highest BCUT2D eigenvalue weighted by molar-refractivity contribution is 7.98. The van der Waals surface area contributed by atoms with Gasteiger partial charge in [-0.1, -0.05) is 12.1 Å². The first-order valence-electron chi connectivity index (χ1n) is 6.05. The maximum absolute atomic E-state index is 9.23. The first kappa shape index (κ1) is 13.4. The van der Waals surface area contributed by atoms with Gasteiger partial charge in [0.25, 0.3) is 0 Å². The molecule has 3 nitrogen and oxygen atoms in total. The van der Waals surface area contributed by atoms with Crippen molar-refractivity contribution in [2.45, 2.75) is 11.3 Å². The molecule has 2 aromatic rings. The zero-order chi connectivity index (χ0) is 13.5. The standard InChI is InChI=1S/C15H15N3S/c1-19-15-6-2-5-14(13(15)10-16)18-9-7-12-4-3-8-17-11-12/h2-6,8,11,18H,7,9H2,1H3. The Kier molecular flexibility index (Phi) is 4.82. The number of aromatic nitrogens is 1. The molecule has 0 fully saturated rings. The molecule has 0 saturated heterocycles. The summed E-state index contributed by atoms with van der Waals surface area (Å²) in [5.74, 6) is 0. The van der Waals surface area contributed by atoms with Crippen LogP contribution in [0.25, 0.3) is 0 Å². The van der Waals surface area contributed by atoms with Crippen molar-refractivity contribution >= 4 is 17.4 Å². The van der Waals surface area contributed by atoms with E-state index < -0.39 is 0 Å². The minimum atomic E-state index is 0.723. The molecular formula is C15H15N3S. The van der Waals surface area contributed by atoms with Crippen LogP contribution >= 0.6 is 11.8 Å². The van der Waals surface area contributed by atoms with E-state index in [0.29, 0.717) is 0 Å². The predicted molar refractivity (Wildman–Crippen MR) is 79.4 cm³/mol. The van der Waals surface area contributed by atoms with Crippen molar-refractivity contribution in [3.05, 3.63) is 53.9 Å². The van der Waals surface area contributed by atoms with Gasteiger partial charge in [0.15, 0.2) is 0 Å². The number of pyridine rings is 1. The van der Waals surface area contributed by atoms with Crippen molar-refractivity contribution in [1.29, 1.82) is 5.26 Å². The molecule has 0 aliphatic heterocycles. The summed E-state index contributed by atoms with van der Waals surface area (Å²) < 4.78 is 0. The maximum atomic E-state index is 9.23. The number of hydrogen-bond donors (Lipinski definition) is 1. The molecule has 0 radical (unpaired) electrons. The molecule has 0 spiro atoms. The summed E-state index contributed by atoms with van der Waals surface area (Å²) in [7, 11) is 0. The van der Waals surface area contributed by atoms with Gasteiger partial charge in [0.05, 0.1) is 11.3 Å². The molecule has 0 bridgehead atoms. The Morgan fingerprint density at radius 1 is 1.32 bits per heavy atom. The number of nitrogens with one attached hydrogen (secondary N) is 1. The van der Waals surface area contributed by atoms with Gasteiger partial charge >= 0.3 is 0 Å². The SMILES string of the molecule is CSc1cccc(NCCc2cccnc2)c1C#N. The molecule has 1 heterocycles. The molecule has 0 amide bonds. The van der Waals surface area contributed by atoms with E-state index in [2.05, 4.69) is 22.4 Å². The molecule has 19 heavy (non-hydrogen) atoms. The van der Waals surface area contributed by atoms with E-state index in [1.165, 1.54) is 5.56 Å². The van der Waals surface area contributed by atoms with E-state index in [1.54, 1.807) is 18.0 Å². The van der Waals surface area contributed by atoms with Crippen molar-refractivity contribution in [2.24, 2.45) is 0 Å². The van der Waals surface area contributed by atoms with Gasteiger partial charge in [0.2, 0.25) is 0 Å². The van der Waals surface area contributed by atoms with Gasteiger partial charge in [-0.2, -0.15) is 5.26 Å². The van der Waals surface area contributed by atoms with Crippen LogP contribution in [0.2, 0.25) is 0 Å². The Hall–Kier alpha value is -1.99. The first-order valence-corrected chi connectivity index (χ1v) is 7.27. The number of nitrogens with zero attached hydrogens (tertiary/aromatic N) is 2. The molecule has 96 valence electrons. The van der Waals surface area contributed by atoms with Crippen LogP contribution in [0, 0.1) is 11.3 Å². The second-order valence-corrected chi connectivity index (χ2v) is 4.88. The summed E-state index contributed by atoms with van der Waals surface area (Å²) in [6.07, 6.45) is 6.51. The van der Waals surface area contributed by atoms with E-state index in [4.69, 9.17) is 0 Å². The van der Waals surface area contributed by atoms with Crippen LogP contribution in [0.4, 0.5) is 5.69 Å². The van der Waals surface area contributed by atoms with Crippen molar-refractivity contribution in [3.8, 4) is 6.07 Å². The smallest absolute Gasteiger partial charge is 0.102 e. The van der Waals surface area contributed by atoms with Crippen LogP contribution in [0.3, 0.4) is 0 Å². The zero-order valence-corrected chi connectivity index (χ0v) is 11.6. The van der Waals surface area contributed by atoms with Gasteiger partial charge in [-0.3, -0.25) is 4.98 Å². The Morgan fingerprint density at radius 2 is 2.21 bits per heavy atom. The maximum Gasteiger partial charge on any atom is 0.102 e. The summed E-state index contributed by atoms with van der Waals surface area (Å²) in [6, 6.07) is 12.1. The fourth-order valence-electron chi connectivity index (χ4n) is 1.85. The lowest BCUT2D eigenvalue weighted by Crippen LogP contribution is -2.06. The third-order valence-electron chi connectivity index (χ3n) is 2.81. The Balaban J connectivity index is 2.02. The average Bonchev–Trinajstić information content (AvgIpc) is 2.48. The number of rotatable bonds is 5. The van der Waals surface area contributed by atoms with Crippen LogP contribution in [-0.2, 0) is 6.42 Å². The van der Waals surface area contributed by atoms with Gasteiger partial charge < -0.3 is 5.32 Å². The molecule has 1 aromatic carbocycles. The van der Waals surface area contributed by atoms with Crippen LogP contribution in [0.1, 0.15) is 11.1 Å². The fraction of sp³-hybridized carbons (Fsp3) is 0.200. The van der Waals surface area contributed by atoms with Crippen molar-refractivity contribution in [3.63, 3.8) is 0 Å². The summed E-state index contributed by atoms with van der Waals surface area (Å²) in [5.41, 5.74) is 2.81. The minimum absolute atomic E-state index is 0.723. The van der Waals surface area contributed by atoms with Gasteiger partial charge in [0.1, 0.15) is 6.07 Å². The van der Waals surface area contributed by atoms with Crippen LogP contribution in [-0.4, -0.2) is 17.8 Å². The van der Waals surface area contributed by atoms with Crippen molar-refractivity contribution in [1.82, 2.24) is 4.98 Å². The number of benzene rings is 1. The van der Waals surface area contributed by atoms with E-state index >= 15 is 0 Å². The summed E-state index contributed by atoms with van der Waals surface area (Å²) in [6.45, 7) is 0.790. The van der Waals surface area contributed by atoms with E-state index in [-0.39, 0.29) is 0 Å². The fourth-order valence-corrected chi connectivity index (χ4v) is 2.43. The summed E-state index contributed by atoms with van der Waals surface area (Å²) in [4.78, 5) is 5.10. The number of hydrogen-bond acceptors (Lipinski definition) is 4. The minimum Gasteiger partial charge on any atom is -0.384 e. The second kappa shape index (κ2) is 6.81. The van der Waals surface area contributed by atoms with Gasteiger partial charge in [-0.05, 0) is 36.4 Å². The molecule has 1 N–H and O–H groups in total. The quantitative estimate of drug-likeness (QED) is 0.846. The number of thioether (sulfide) groups is 1. The molecular weight excluding hydrogens is 254 g/mol. The normalized spacial score (nSPS) is 9.89.